The second-order valence-corrected chi connectivity index (χ2v) is 10.6. The zero-order chi connectivity index (χ0) is 24.8. The lowest BCUT2D eigenvalue weighted by Crippen LogP contribution is -2.49. The predicted octanol–water partition coefficient (Wildman–Crippen LogP) is 3.85. The number of carbonyl (C=O) groups excluding carboxylic acids is 1. The molecule has 0 aliphatic carbocycles. The summed E-state index contributed by atoms with van der Waals surface area (Å²) in [5, 5.41) is 15.0. The molecule has 0 spiro atoms. The molecule has 0 bridgehead atoms. The van der Waals surface area contributed by atoms with E-state index >= 15 is 4.39 Å². The maximum Gasteiger partial charge on any atom is 0.262 e. The van der Waals surface area contributed by atoms with Crippen LogP contribution in [0, 0.1) is 12.7 Å². The molecule has 4 aromatic rings. The highest BCUT2D eigenvalue weighted by atomic mass is 32.1. The Kier molecular flexibility index (Phi) is 6.02. The molecule has 1 aromatic carbocycles. The van der Waals surface area contributed by atoms with Gasteiger partial charge in [0.25, 0.3) is 5.91 Å². The van der Waals surface area contributed by atoms with E-state index < -0.39 is 5.82 Å². The number of hydrogen-bond acceptors (Lipinski definition) is 7. The summed E-state index contributed by atoms with van der Waals surface area (Å²) in [5.74, 6) is -0.335. The lowest BCUT2D eigenvalue weighted by molar-refractivity contribution is 0.0968. The number of aromatic nitrogens is 4. The zero-order valence-corrected chi connectivity index (χ0v) is 21.2. The van der Waals surface area contributed by atoms with E-state index in [1.807, 2.05) is 24.7 Å². The molecule has 0 unspecified atom stereocenters. The van der Waals surface area contributed by atoms with Crippen molar-refractivity contribution in [3.05, 3.63) is 58.5 Å². The van der Waals surface area contributed by atoms with Gasteiger partial charge in [0, 0.05) is 41.5 Å². The Morgan fingerprint density at radius 3 is 2.97 bits per heavy atom. The van der Waals surface area contributed by atoms with E-state index in [2.05, 4.69) is 30.9 Å². The molecule has 1 N–H and O–H groups in total. The number of amides is 1. The molecule has 1 saturated heterocycles. The summed E-state index contributed by atoms with van der Waals surface area (Å²) in [5.41, 5.74) is 3.35. The molecular formula is C26H28FN7OS. The first kappa shape index (κ1) is 23.2. The van der Waals surface area contributed by atoms with Gasteiger partial charge in [0.05, 0.1) is 23.8 Å². The van der Waals surface area contributed by atoms with Gasteiger partial charge in [-0.05, 0) is 62.5 Å². The topological polar surface area (TPSA) is 79.2 Å². The maximum absolute atomic E-state index is 15.6. The molecule has 10 heteroatoms. The number of anilines is 1. The van der Waals surface area contributed by atoms with Crippen molar-refractivity contribution in [2.75, 3.05) is 31.6 Å². The van der Waals surface area contributed by atoms with Gasteiger partial charge < -0.3 is 5.32 Å². The minimum atomic E-state index is -0.564. The lowest BCUT2D eigenvalue weighted by Gasteiger charge is -2.34. The number of likely N-dealkylation sites (N-methyl/N-ethyl adjacent to an activating group) is 1. The molecule has 0 saturated carbocycles. The Labute approximate surface area is 212 Å². The zero-order valence-electron chi connectivity index (χ0n) is 20.4. The fraction of sp³-hybridized carbons (Fsp3) is 0.385. The van der Waals surface area contributed by atoms with E-state index in [0.717, 1.165) is 53.8 Å². The molecule has 1 atom stereocenters. The number of nitrogens with zero attached hydrogens (tertiary/aromatic N) is 6. The number of piperidine rings is 1. The molecule has 6 rings (SSSR count). The molecular weight excluding hydrogens is 477 g/mol. The quantitative estimate of drug-likeness (QED) is 0.454. The van der Waals surface area contributed by atoms with Crippen LogP contribution in [0.25, 0.3) is 21.3 Å². The van der Waals surface area contributed by atoms with Crippen LogP contribution in [0.1, 0.15) is 34.5 Å². The SMILES string of the molecule is Cc1csc2ccnc(N(C(=O)c3ccc(-c4nnn5c4CN(C)CC5)cc3F)[C@@H]3CCCNC3)c12. The summed E-state index contributed by atoms with van der Waals surface area (Å²) in [4.78, 5) is 22.5. The third-order valence-electron chi connectivity index (χ3n) is 7.16. The van der Waals surface area contributed by atoms with Crippen LogP contribution in [0.15, 0.2) is 35.8 Å². The van der Waals surface area contributed by atoms with Crippen LogP contribution in [0.5, 0.6) is 0 Å². The van der Waals surface area contributed by atoms with E-state index in [0.29, 0.717) is 30.2 Å². The average Bonchev–Trinajstić information content (AvgIpc) is 3.48. The average molecular weight is 506 g/mol. The Balaban J connectivity index is 1.40. The van der Waals surface area contributed by atoms with Gasteiger partial charge >= 0.3 is 0 Å². The summed E-state index contributed by atoms with van der Waals surface area (Å²) in [7, 11) is 2.04. The Morgan fingerprint density at radius 1 is 1.28 bits per heavy atom. The molecule has 3 aromatic heterocycles. The van der Waals surface area contributed by atoms with E-state index in [1.54, 1.807) is 34.6 Å². The molecule has 0 radical (unpaired) electrons. The van der Waals surface area contributed by atoms with Crippen molar-refractivity contribution in [3.63, 3.8) is 0 Å². The van der Waals surface area contributed by atoms with Gasteiger partial charge in [-0.3, -0.25) is 14.6 Å². The Bertz CT molecular complexity index is 1440. The van der Waals surface area contributed by atoms with Crippen LogP contribution in [0.3, 0.4) is 0 Å². The molecule has 5 heterocycles. The van der Waals surface area contributed by atoms with Crippen LogP contribution in [-0.2, 0) is 13.1 Å². The van der Waals surface area contributed by atoms with Gasteiger partial charge in [-0.2, -0.15) is 0 Å². The first-order chi connectivity index (χ1) is 17.5. The van der Waals surface area contributed by atoms with Crippen LogP contribution in [0.2, 0.25) is 0 Å². The van der Waals surface area contributed by atoms with E-state index in [4.69, 9.17) is 0 Å². The lowest BCUT2D eigenvalue weighted by atomic mass is 10.0. The number of hydrogen-bond donors (Lipinski definition) is 1. The van der Waals surface area contributed by atoms with Crippen LogP contribution >= 0.6 is 11.3 Å². The van der Waals surface area contributed by atoms with Crippen LogP contribution in [0.4, 0.5) is 10.2 Å². The standard InChI is InChI=1S/C26H28FN7OS/c1-16-15-36-22-7-9-29-25(23(16)22)34(18-4-3-8-28-13-18)26(35)19-6-5-17(12-20(19)27)24-21-14-32(2)10-11-33(21)31-30-24/h5-7,9,12,15,18,28H,3-4,8,10-11,13-14H2,1-2H3/t18-/m1/s1. The van der Waals surface area contributed by atoms with E-state index in [1.165, 1.54) is 6.07 Å². The molecule has 8 nitrogen and oxygen atoms in total. The van der Waals surface area contributed by atoms with E-state index in [-0.39, 0.29) is 17.5 Å². The minimum Gasteiger partial charge on any atom is -0.315 e. The Hall–Kier alpha value is -3.21. The molecule has 2 aliphatic rings. The highest BCUT2D eigenvalue weighted by Crippen LogP contribution is 2.35. The summed E-state index contributed by atoms with van der Waals surface area (Å²) >= 11 is 1.63. The van der Waals surface area contributed by atoms with Crippen molar-refractivity contribution >= 4 is 33.1 Å². The van der Waals surface area contributed by atoms with Gasteiger partial charge in [-0.15, -0.1) is 16.4 Å². The van der Waals surface area contributed by atoms with Crippen molar-refractivity contribution in [2.24, 2.45) is 0 Å². The van der Waals surface area contributed by atoms with Crippen LogP contribution < -0.4 is 10.2 Å². The normalized spacial score (nSPS) is 18.4. The van der Waals surface area contributed by atoms with Crippen molar-refractivity contribution in [2.45, 2.75) is 38.9 Å². The van der Waals surface area contributed by atoms with Crippen LogP contribution in [-0.4, -0.2) is 63.5 Å². The number of benzene rings is 1. The highest BCUT2D eigenvalue weighted by Gasteiger charge is 2.32. The maximum atomic E-state index is 15.6. The second kappa shape index (κ2) is 9.34. The minimum absolute atomic E-state index is 0.0363. The largest absolute Gasteiger partial charge is 0.315 e. The van der Waals surface area contributed by atoms with Gasteiger partial charge in [0.2, 0.25) is 0 Å². The Morgan fingerprint density at radius 2 is 2.17 bits per heavy atom. The second-order valence-electron chi connectivity index (χ2n) is 9.64. The third-order valence-corrected chi connectivity index (χ3v) is 8.22. The number of rotatable bonds is 4. The highest BCUT2D eigenvalue weighted by molar-refractivity contribution is 7.17. The summed E-state index contributed by atoms with van der Waals surface area (Å²) in [6, 6.07) is 6.62. The van der Waals surface area contributed by atoms with Gasteiger partial charge in [0.1, 0.15) is 17.3 Å². The smallest absolute Gasteiger partial charge is 0.262 e. The van der Waals surface area contributed by atoms with Gasteiger partial charge in [-0.1, -0.05) is 11.3 Å². The molecule has 2 aliphatic heterocycles. The number of carbonyl (C=O) groups is 1. The molecule has 1 amide bonds. The summed E-state index contributed by atoms with van der Waals surface area (Å²) in [6.45, 7) is 5.93. The number of fused-ring (bicyclic) bond motifs is 2. The molecule has 186 valence electrons. The van der Waals surface area contributed by atoms with E-state index in [9.17, 15) is 4.79 Å². The first-order valence-corrected chi connectivity index (χ1v) is 13.2. The van der Waals surface area contributed by atoms with Crippen molar-refractivity contribution in [1.29, 1.82) is 0 Å². The van der Waals surface area contributed by atoms with Gasteiger partial charge in [0.15, 0.2) is 0 Å². The fourth-order valence-electron chi connectivity index (χ4n) is 5.24. The number of nitrogens with one attached hydrogen (secondary N) is 1. The van der Waals surface area contributed by atoms with Gasteiger partial charge in [-0.25, -0.2) is 14.1 Å². The monoisotopic (exact) mass is 505 g/mol. The molecule has 36 heavy (non-hydrogen) atoms. The summed E-state index contributed by atoms with van der Waals surface area (Å²) in [6.07, 6.45) is 3.51. The third kappa shape index (κ3) is 3.99. The number of halogens is 1. The van der Waals surface area contributed by atoms with Crippen molar-refractivity contribution < 1.29 is 9.18 Å². The first-order valence-electron chi connectivity index (χ1n) is 12.3. The molecule has 1 fully saturated rings. The van der Waals surface area contributed by atoms with Crippen molar-refractivity contribution in [3.8, 4) is 11.3 Å². The predicted molar refractivity (Wildman–Crippen MR) is 139 cm³/mol. The number of pyridine rings is 1. The summed E-state index contributed by atoms with van der Waals surface area (Å²) < 4.78 is 18.6. The van der Waals surface area contributed by atoms with Crippen molar-refractivity contribution in [1.82, 2.24) is 30.2 Å². The number of thiophene rings is 1. The fourth-order valence-corrected chi connectivity index (χ4v) is 6.17. The number of aryl methyl sites for hydroxylation is 1.